The van der Waals surface area contributed by atoms with Gasteiger partial charge in [-0.25, -0.2) is 0 Å². The lowest BCUT2D eigenvalue weighted by molar-refractivity contribution is -0.138. The Kier molecular flexibility index (Phi) is 11.1. The van der Waals surface area contributed by atoms with Crippen molar-refractivity contribution in [2.24, 2.45) is 0 Å². The molecule has 148 valence electrons. The number of carboxylic acids is 1. The molecule has 0 unspecified atom stereocenters. The van der Waals surface area contributed by atoms with Crippen molar-refractivity contribution in [3.63, 3.8) is 0 Å². The van der Waals surface area contributed by atoms with Crippen molar-refractivity contribution in [3.05, 3.63) is 71.8 Å². The number of benzene rings is 2. The van der Waals surface area contributed by atoms with Gasteiger partial charge < -0.3 is 5.11 Å². The van der Waals surface area contributed by atoms with Crippen LogP contribution in [0.2, 0.25) is 0 Å². The molecule has 1 fully saturated rings. The first-order valence-electron chi connectivity index (χ1n) is 10.0. The smallest absolute Gasteiger partial charge is 0.317 e. The molecular formula is C23H34N2O2. The predicted octanol–water partition coefficient (Wildman–Crippen LogP) is 4.53. The van der Waals surface area contributed by atoms with Crippen LogP contribution in [0.4, 0.5) is 0 Å². The van der Waals surface area contributed by atoms with Gasteiger partial charge in [0.15, 0.2) is 0 Å². The molecule has 0 spiro atoms. The van der Waals surface area contributed by atoms with Crippen molar-refractivity contribution in [2.45, 2.75) is 33.7 Å². The second-order valence-electron chi connectivity index (χ2n) is 5.93. The molecule has 27 heavy (non-hydrogen) atoms. The number of carbonyl (C=O) groups is 1. The van der Waals surface area contributed by atoms with Crippen LogP contribution in [-0.4, -0.2) is 53.6 Å². The molecule has 1 saturated heterocycles. The van der Waals surface area contributed by atoms with E-state index in [4.69, 9.17) is 5.11 Å². The van der Waals surface area contributed by atoms with Gasteiger partial charge in [0.05, 0.1) is 12.6 Å². The Morgan fingerprint density at radius 1 is 0.815 bits per heavy atom. The molecular weight excluding hydrogens is 336 g/mol. The molecule has 1 N–H and O–H groups in total. The standard InChI is InChI=1S/C19H22N2O2.2C2H6/c22-18(23)15-20-11-13-21(14-12-20)19(16-7-3-1-4-8-16)17-9-5-2-6-10-17;2*1-2/h1-10,19H,11-15H2,(H,22,23);2*1-2H3. The van der Waals surface area contributed by atoms with E-state index in [-0.39, 0.29) is 12.6 Å². The summed E-state index contributed by atoms with van der Waals surface area (Å²) in [7, 11) is 0. The van der Waals surface area contributed by atoms with Crippen LogP contribution in [0.1, 0.15) is 44.9 Å². The van der Waals surface area contributed by atoms with E-state index in [2.05, 4.69) is 53.4 Å². The molecule has 1 aliphatic rings. The SMILES string of the molecule is CC.CC.O=C(O)CN1CCN(C(c2ccccc2)c2ccccc2)CC1. The Morgan fingerprint density at radius 3 is 1.59 bits per heavy atom. The van der Waals surface area contributed by atoms with Gasteiger partial charge in [0.2, 0.25) is 0 Å². The number of hydrogen-bond donors (Lipinski definition) is 1. The minimum Gasteiger partial charge on any atom is -0.480 e. The van der Waals surface area contributed by atoms with Gasteiger partial charge in [0.1, 0.15) is 0 Å². The first kappa shape index (κ1) is 22.9. The Labute approximate surface area is 164 Å². The van der Waals surface area contributed by atoms with Crippen molar-refractivity contribution >= 4 is 5.97 Å². The molecule has 0 aliphatic carbocycles. The summed E-state index contributed by atoms with van der Waals surface area (Å²) < 4.78 is 0. The third-order valence-electron chi connectivity index (χ3n) is 4.36. The monoisotopic (exact) mass is 370 g/mol. The van der Waals surface area contributed by atoms with Crippen molar-refractivity contribution < 1.29 is 9.90 Å². The molecule has 2 aromatic carbocycles. The topological polar surface area (TPSA) is 43.8 Å². The van der Waals surface area contributed by atoms with E-state index in [1.165, 1.54) is 11.1 Å². The van der Waals surface area contributed by atoms with Crippen LogP contribution in [-0.2, 0) is 4.79 Å². The molecule has 0 amide bonds. The van der Waals surface area contributed by atoms with Crippen molar-refractivity contribution in [1.29, 1.82) is 0 Å². The van der Waals surface area contributed by atoms with Gasteiger partial charge in [0.25, 0.3) is 0 Å². The molecule has 1 aliphatic heterocycles. The fourth-order valence-corrected chi connectivity index (χ4v) is 3.26. The third kappa shape index (κ3) is 7.16. The second kappa shape index (κ2) is 13.1. The summed E-state index contributed by atoms with van der Waals surface area (Å²) in [6.45, 7) is 11.5. The fourth-order valence-electron chi connectivity index (χ4n) is 3.26. The average Bonchev–Trinajstić information content (AvgIpc) is 2.74. The van der Waals surface area contributed by atoms with Crippen LogP contribution in [0.3, 0.4) is 0 Å². The highest BCUT2D eigenvalue weighted by Gasteiger charge is 2.26. The Hall–Kier alpha value is -2.17. The fraction of sp³-hybridized carbons (Fsp3) is 0.435. The number of aliphatic carboxylic acids is 1. The maximum Gasteiger partial charge on any atom is 0.317 e. The summed E-state index contributed by atoms with van der Waals surface area (Å²) >= 11 is 0. The average molecular weight is 371 g/mol. The Bertz CT molecular complexity index is 584. The summed E-state index contributed by atoms with van der Waals surface area (Å²) in [5.74, 6) is -0.749. The summed E-state index contributed by atoms with van der Waals surface area (Å²) in [6, 6.07) is 21.3. The van der Waals surface area contributed by atoms with Crippen molar-refractivity contribution in [1.82, 2.24) is 9.80 Å². The molecule has 3 rings (SSSR count). The molecule has 1 heterocycles. The summed E-state index contributed by atoms with van der Waals surface area (Å²) in [4.78, 5) is 15.3. The largest absolute Gasteiger partial charge is 0.480 e. The van der Waals surface area contributed by atoms with Crippen LogP contribution in [0, 0.1) is 0 Å². The van der Waals surface area contributed by atoms with Crippen LogP contribution in [0.25, 0.3) is 0 Å². The van der Waals surface area contributed by atoms with Gasteiger partial charge in [-0.15, -0.1) is 0 Å². The van der Waals surface area contributed by atoms with Crippen molar-refractivity contribution in [3.8, 4) is 0 Å². The zero-order valence-electron chi connectivity index (χ0n) is 17.1. The van der Waals surface area contributed by atoms with E-state index < -0.39 is 5.97 Å². The maximum absolute atomic E-state index is 10.9. The molecule has 4 heteroatoms. The molecule has 0 atom stereocenters. The number of hydrogen-bond acceptors (Lipinski definition) is 3. The third-order valence-corrected chi connectivity index (χ3v) is 4.36. The highest BCUT2D eigenvalue weighted by molar-refractivity contribution is 5.69. The van der Waals surface area contributed by atoms with E-state index >= 15 is 0 Å². The summed E-state index contributed by atoms with van der Waals surface area (Å²) in [5.41, 5.74) is 2.57. The molecule has 0 saturated carbocycles. The molecule has 0 radical (unpaired) electrons. The van der Waals surface area contributed by atoms with E-state index in [0.717, 1.165) is 26.2 Å². The van der Waals surface area contributed by atoms with Gasteiger partial charge in [0, 0.05) is 26.2 Å². The van der Waals surface area contributed by atoms with E-state index in [1.807, 2.05) is 44.7 Å². The van der Waals surface area contributed by atoms with E-state index in [1.54, 1.807) is 0 Å². The summed E-state index contributed by atoms with van der Waals surface area (Å²) in [6.07, 6.45) is 0. The van der Waals surface area contributed by atoms with Gasteiger partial charge in [-0.05, 0) is 11.1 Å². The second-order valence-corrected chi connectivity index (χ2v) is 5.93. The highest BCUT2D eigenvalue weighted by atomic mass is 16.4. The molecule has 4 nitrogen and oxygen atoms in total. The van der Waals surface area contributed by atoms with Crippen LogP contribution >= 0.6 is 0 Å². The Balaban J connectivity index is 0.000000855. The number of piperazine rings is 1. The number of carboxylic acid groups (broad SMARTS) is 1. The van der Waals surface area contributed by atoms with Gasteiger partial charge in [-0.2, -0.15) is 0 Å². The van der Waals surface area contributed by atoms with Crippen LogP contribution in [0.5, 0.6) is 0 Å². The lowest BCUT2D eigenvalue weighted by Gasteiger charge is -2.39. The van der Waals surface area contributed by atoms with Crippen LogP contribution < -0.4 is 0 Å². The van der Waals surface area contributed by atoms with E-state index in [0.29, 0.717) is 0 Å². The first-order chi connectivity index (χ1) is 13.2. The van der Waals surface area contributed by atoms with Gasteiger partial charge >= 0.3 is 5.97 Å². The van der Waals surface area contributed by atoms with E-state index in [9.17, 15) is 4.79 Å². The highest BCUT2D eigenvalue weighted by Crippen LogP contribution is 2.29. The quantitative estimate of drug-likeness (QED) is 0.840. The Morgan fingerprint density at radius 2 is 1.22 bits per heavy atom. The lowest BCUT2D eigenvalue weighted by atomic mass is 9.96. The predicted molar refractivity (Wildman–Crippen MR) is 113 cm³/mol. The molecule has 0 bridgehead atoms. The number of nitrogens with zero attached hydrogens (tertiary/aromatic N) is 2. The first-order valence-corrected chi connectivity index (χ1v) is 10.0. The zero-order valence-corrected chi connectivity index (χ0v) is 17.1. The maximum atomic E-state index is 10.9. The zero-order chi connectivity index (χ0) is 20.1. The number of rotatable bonds is 5. The minimum absolute atomic E-state index is 0.134. The van der Waals surface area contributed by atoms with Crippen molar-refractivity contribution in [2.75, 3.05) is 32.7 Å². The minimum atomic E-state index is -0.749. The summed E-state index contributed by atoms with van der Waals surface area (Å²) in [5, 5.41) is 8.94. The molecule has 0 aromatic heterocycles. The van der Waals surface area contributed by atoms with Crippen LogP contribution in [0.15, 0.2) is 60.7 Å². The lowest BCUT2D eigenvalue weighted by Crippen LogP contribution is -2.49. The van der Waals surface area contributed by atoms with Gasteiger partial charge in [-0.3, -0.25) is 14.6 Å². The molecule has 2 aromatic rings. The normalized spacial score (nSPS) is 14.6. The van der Waals surface area contributed by atoms with Gasteiger partial charge in [-0.1, -0.05) is 88.4 Å².